The maximum Gasteiger partial charge on any atom is 0.236 e. The Bertz CT molecular complexity index is 325. The molecule has 1 amide bonds. The molecule has 94 valence electrons. The summed E-state index contributed by atoms with van der Waals surface area (Å²) in [5, 5.41) is 8.59. The van der Waals surface area contributed by atoms with Crippen LogP contribution in [0, 0.1) is 11.3 Å². The topological polar surface area (TPSA) is 64.4 Å². The quantitative estimate of drug-likeness (QED) is 0.710. The van der Waals surface area contributed by atoms with Gasteiger partial charge in [-0.2, -0.15) is 5.26 Å². The van der Waals surface area contributed by atoms with Gasteiger partial charge < -0.3 is 4.90 Å². The lowest BCUT2D eigenvalue weighted by Gasteiger charge is -2.29. The SMILES string of the molecule is CC(CC#N)N(C)CC(=O)N1CCC(=O)CC1. The maximum atomic E-state index is 11.9. The molecule has 0 aromatic carbocycles. The summed E-state index contributed by atoms with van der Waals surface area (Å²) in [4.78, 5) is 26.6. The van der Waals surface area contributed by atoms with E-state index in [1.54, 1.807) is 4.90 Å². The van der Waals surface area contributed by atoms with Crippen LogP contribution in [0.3, 0.4) is 0 Å². The monoisotopic (exact) mass is 237 g/mol. The van der Waals surface area contributed by atoms with Crippen LogP contribution >= 0.6 is 0 Å². The third-order valence-corrected chi connectivity index (χ3v) is 3.20. The van der Waals surface area contributed by atoms with Crippen molar-refractivity contribution in [2.24, 2.45) is 0 Å². The van der Waals surface area contributed by atoms with Crippen LogP contribution in [0.25, 0.3) is 0 Å². The number of hydrogen-bond acceptors (Lipinski definition) is 4. The minimum atomic E-state index is 0.0461. The largest absolute Gasteiger partial charge is 0.341 e. The predicted octanol–water partition coefficient (Wildman–Crippen LogP) is 0.412. The van der Waals surface area contributed by atoms with E-state index in [9.17, 15) is 9.59 Å². The second kappa shape index (κ2) is 6.36. The molecular weight excluding hydrogens is 218 g/mol. The zero-order valence-corrected chi connectivity index (χ0v) is 10.5. The molecule has 1 fully saturated rings. The van der Waals surface area contributed by atoms with Crippen molar-refractivity contribution in [1.82, 2.24) is 9.80 Å². The second-order valence-electron chi connectivity index (χ2n) is 4.55. The Kier molecular flexibility index (Phi) is 5.11. The van der Waals surface area contributed by atoms with Gasteiger partial charge in [0.25, 0.3) is 0 Å². The van der Waals surface area contributed by atoms with E-state index in [4.69, 9.17) is 5.26 Å². The maximum absolute atomic E-state index is 11.9. The molecule has 0 aromatic rings. The summed E-state index contributed by atoms with van der Waals surface area (Å²) in [6.45, 7) is 3.32. The van der Waals surface area contributed by atoms with Gasteiger partial charge in [-0.15, -0.1) is 0 Å². The van der Waals surface area contributed by atoms with Crippen LogP contribution in [-0.4, -0.2) is 54.2 Å². The number of piperidine rings is 1. The summed E-state index contributed by atoms with van der Waals surface area (Å²) >= 11 is 0. The van der Waals surface area contributed by atoms with E-state index >= 15 is 0 Å². The Morgan fingerprint density at radius 2 is 2.12 bits per heavy atom. The van der Waals surface area contributed by atoms with Crippen molar-refractivity contribution < 1.29 is 9.59 Å². The fraction of sp³-hybridized carbons (Fsp3) is 0.750. The number of amides is 1. The number of ketones is 1. The number of nitriles is 1. The van der Waals surface area contributed by atoms with Gasteiger partial charge in [-0.1, -0.05) is 0 Å². The van der Waals surface area contributed by atoms with E-state index < -0.39 is 0 Å². The number of carbonyl (C=O) groups is 2. The van der Waals surface area contributed by atoms with Gasteiger partial charge in [0.2, 0.25) is 5.91 Å². The number of likely N-dealkylation sites (tertiary alicyclic amines) is 1. The first-order valence-corrected chi connectivity index (χ1v) is 5.91. The van der Waals surface area contributed by atoms with E-state index in [1.807, 2.05) is 18.9 Å². The van der Waals surface area contributed by atoms with Crippen LogP contribution in [0.5, 0.6) is 0 Å². The summed E-state index contributed by atoms with van der Waals surface area (Å²) < 4.78 is 0. The zero-order chi connectivity index (χ0) is 12.8. The smallest absolute Gasteiger partial charge is 0.236 e. The summed E-state index contributed by atoms with van der Waals surface area (Å²) in [5.41, 5.74) is 0. The van der Waals surface area contributed by atoms with Gasteiger partial charge in [-0.25, -0.2) is 0 Å². The van der Waals surface area contributed by atoms with Crippen LogP contribution < -0.4 is 0 Å². The highest BCUT2D eigenvalue weighted by atomic mass is 16.2. The highest BCUT2D eigenvalue weighted by Crippen LogP contribution is 2.07. The summed E-state index contributed by atoms with van der Waals surface area (Å²) in [7, 11) is 1.84. The van der Waals surface area contributed by atoms with Crippen LogP contribution in [0.15, 0.2) is 0 Å². The molecule has 17 heavy (non-hydrogen) atoms. The highest BCUT2D eigenvalue weighted by Gasteiger charge is 2.22. The number of nitrogens with zero attached hydrogens (tertiary/aromatic N) is 3. The number of rotatable bonds is 4. The molecule has 0 bridgehead atoms. The lowest BCUT2D eigenvalue weighted by Crippen LogP contribution is -2.45. The van der Waals surface area contributed by atoms with Crippen molar-refractivity contribution in [3.05, 3.63) is 0 Å². The first-order valence-electron chi connectivity index (χ1n) is 5.91. The zero-order valence-electron chi connectivity index (χ0n) is 10.5. The second-order valence-corrected chi connectivity index (χ2v) is 4.55. The Hall–Kier alpha value is -1.41. The Labute approximate surface area is 102 Å². The molecule has 5 heteroatoms. The average molecular weight is 237 g/mol. The first kappa shape index (κ1) is 13.7. The first-order chi connectivity index (χ1) is 8.04. The lowest BCUT2D eigenvalue weighted by molar-refractivity contribution is -0.135. The molecule has 0 radical (unpaired) electrons. The molecule has 1 heterocycles. The van der Waals surface area contributed by atoms with Gasteiger partial charge in [0.15, 0.2) is 0 Å². The third-order valence-electron chi connectivity index (χ3n) is 3.20. The van der Waals surface area contributed by atoms with Gasteiger partial charge in [-0.3, -0.25) is 14.5 Å². The molecular formula is C12H19N3O2. The third kappa shape index (κ3) is 4.16. The minimum absolute atomic E-state index is 0.0461. The van der Waals surface area contributed by atoms with Gasteiger partial charge in [0.05, 0.1) is 19.0 Å². The van der Waals surface area contributed by atoms with Gasteiger partial charge >= 0.3 is 0 Å². The van der Waals surface area contributed by atoms with Crippen molar-refractivity contribution in [3.63, 3.8) is 0 Å². The van der Waals surface area contributed by atoms with E-state index in [0.29, 0.717) is 38.9 Å². The predicted molar refractivity (Wildman–Crippen MR) is 63.1 cm³/mol. The number of Topliss-reactive ketones (excluding diaryl/α,β-unsaturated/α-hetero) is 1. The molecule has 5 nitrogen and oxygen atoms in total. The van der Waals surface area contributed by atoms with Gasteiger partial charge in [-0.05, 0) is 14.0 Å². The fourth-order valence-corrected chi connectivity index (χ4v) is 1.76. The van der Waals surface area contributed by atoms with Crippen molar-refractivity contribution in [3.8, 4) is 6.07 Å². The molecule has 0 aromatic heterocycles. The average Bonchev–Trinajstić information content (AvgIpc) is 2.30. The molecule has 1 aliphatic rings. The van der Waals surface area contributed by atoms with Crippen LogP contribution in [0.2, 0.25) is 0 Å². The molecule has 0 N–H and O–H groups in total. The van der Waals surface area contributed by atoms with E-state index in [2.05, 4.69) is 6.07 Å². The van der Waals surface area contributed by atoms with Gasteiger partial charge in [0, 0.05) is 32.0 Å². The van der Waals surface area contributed by atoms with Crippen LogP contribution in [-0.2, 0) is 9.59 Å². The molecule has 1 aliphatic heterocycles. The standard InChI is InChI=1S/C12H19N3O2/c1-10(3-6-13)14(2)9-12(17)15-7-4-11(16)5-8-15/h10H,3-5,7-9H2,1-2H3. The molecule has 1 saturated heterocycles. The lowest BCUT2D eigenvalue weighted by atomic mass is 10.1. The Morgan fingerprint density at radius 1 is 1.53 bits per heavy atom. The molecule has 1 atom stereocenters. The molecule has 0 saturated carbocycles. The molecule has 0 aliphatic carbocycles. The van der Waals surface area contributed by atoms with Crippen molar-refractivity contribution >= 4 is 11.7 Å². The number of carbonyl (C=O) groups excluding carboxylic acids is 2. The molecule has 1 rings (SSSR count). The van der Waals surface area contributed by atoms with E-state index in [-0.39, 0.29) is 17.7 Å². The van der Waals surface area contributed by atoms with Crippen LogP contribution in [0.4, 0.5) is 0 Å². The summed E-state index contributed by atoms with van der Waals surface area (Å²) in [5.74, 6) is 0.282. The molecule has 0 spiro atoms. The summed E-state index contributed by atoms with van der Waals surface area (Å²) in [6, 6.07) is 2.17. The Morgan fingerprint density at radius 3 is 2.65 bits per heavy atom. The Balaban J connectivity index is 2.38. The number of hydrogen-bond donors (Lipinski definition) is 0. The van der Waals surface area contributed by atoms with E-state index in [0.717, 1.165) is 0 Å². The summed E-state index contributed by atoms with van der Waals surface area (Å²) in [6.07, 6.45) is 1.37. The van der Waals surface area contributed by atoms with E-state index in [1.165, 1.54) is 0 Å². The van der Waals surface area contributed by atoms with Crippen molar-refractivity contribution in [1.29, 1.82) is 5.26 Å². The normalized spacial score (nSPS) is 18.0. The van der Waals surface area contributed by atoms with Crippen LogP contribution in [0.1, 0.15) is 26.2 Å². The van der Waals surface area contributed by atoms with Crippen molar-refractivity contribution in [2.45, 2.75) is 32.2 Å². The minimum Gasteiger partial charge on any atom is -0.341 e. The fourth-order valence-electron chi connectivity index (χ4n) is 1.76. The number of likely N-dealkylation sites (N-methyl/N-ethyl adjacent to an activating group) is 1. The van der Waals surface area contributed by atoms with Crippen molar-refractivity contribution in [2.75, 3.05) is 26.7 Å². The molecule has 1 unspecified atom stereocenters. The van der Waals surface area contributed by atoms with Gasteiger partial charge in [0.1, 0.15) is 5.78 Å². The highest BCUT2D eigenvalue weighted by molar-refractivity contribution is 5.84.